The maximum atomic E-state index is 11.2. The van der Waals surface area contributed by atoms with Gasteiger partial charge in [0.2, 0.25) is 0 Å². The van der Waals surface area contributed by atoms with E-state index in [9.17, 15) is 8.42 Å². The van der Waals surface area contributed by atoms with Gasteiger partial charge in [0, 0.05) is 24.8 Å². The topological polar surface area (TPSA) is 98.0 Å². The lowest BCUT2D eigenvalue weighted by Gasteiger charge is -2.14. The third-order valence-electron chi connectivity index (χ3n) is 2.21. The summed E-state index contributed by atoms with van der Waals surface area (Å²) in [5.74, 6) is 1.69. The molecule has 0 amide bonds. The van der Waals surface area contributed by atoms with Crippen LogP contribution < -0.4 is 11.1 Å². The van der Waals surface area contributed by atoms with Gasteiger partial charge in [0.25, 0.3) is 0 Å². The van der Waals surface area contributed by atoms with Crippen molar-refractivity contribution in [3.63, 3.8) is 0 Å². The lowest BCUT2D eigenvalue weighted by Crippen LogP contribution is -2.25. The normalized spacial score (nSPS) is 13.3. The highest BCUT2D eigenvalue weighted by Gasteiger charge is 2.11. The molecule has 1 atom stereocenters. The number of rotatable bonds is 6. The molecule has 1 aromatic rings. The second-order valence-electron chi connectivity index (χ2n) is 4.48. The van der Waals surface area contributed by atoms with Gasteiger partial charge >= 0.3 is 0 Å². The first-order valence-electron chi connectivity index (χ1n) is 5.88. The summed E-state index contributed by atoms with van der Waals surface area (Å²) in [6, 6.07) is 1.39. The van der Waals surface area contributed by atoms with E-state index in [1.54, 1.807) is 13.0 Å². The summed E-state index contributed by atoms with van der Waals surface area (Å²) in [4.78, 5) is 8.41. The van der Waals surface area contributed by atoms with Gasteiger partial charge in [-0.05, 0) is 13.3 Å². The fraction of sp³-hybridized carbons (Fsp3) is 0.636. The second kappa shape index (κ2) is 5.99. The predicted octanol–water partition coefficient (Wildman–Crippen LogP) is 0.856. The number of nitrogens with two attached hydrogens (primary N) is 1. The highest BCUT2D eigenvalue weighted by molar-refractivity contribution is 7.90. The minimum atomic E-state index is -3.01. The van der Waals surface area contributed by atoms with Crippen molar-refractivity contribution in [3.05, 3.63) is 11.9 Å². The number of sulfone groups is 1. The van der Waals surface area contributed by atoms with Crippen LogP contribution in [0.3, 0.4) is 0 Å². The quantitative estimate of drug-likeness (QED) is 0.797. The van der Waals surface area contributed by atoms with Crippen LogP contribution in [0.4, 0.5) is 11.6 Å². The van der Waals surface area contributed by atoms with Crippen LogP contribution in [-0.4, -0.2) is 36.4 Å². The molecule has 7 heteroatoms. The minimum Gasteiger partial charge on any atom is -0.384 e. The van der Waals surface area contributed by atoms with Crippen LogP contribution in [0.25, 0.3) is 0 Å². The largest absolute Gasteiger partial charge is 0.384 e. The average Bonchev–Trinajstić information content (AvgIpc) is 2.12. The summed E-state index contributed by atoms with van der Waals surface area (Å²) in [7, 11) is -3.01. The van der Waals surface area contributed by atoms with Crippen molar-refractivity contribution in [2.75, 3.05) is 23.1 Å². The first kappa shape index (κ1) is 14.7. The summed E-state index contributed by atoms with van der Waals surface area (Å²) in [5.41, 5.74) is 5.68. The number of nitrogens with one attached hydrogen (secondary N) is 1. The van der Waals surface area contributed by atoms with Crippen molar-refractivity contribution in [1.82, 2.24) is 9.97 Å². The van der Waals surface area contributed by atoms with Crippen molar-refractivity contribution in [3.8, 4) is 0 Å². The van der Waals surface area contributed by atoms with E-state index in [4.69, 9.17) is 5.73 Å². The van der Waals surface area contributed by atoms with Gasteiger partial charge in [0.05, 0.1) is 5.75 Å². The van der Waals surface area contributed by atoms with E-state index in [0.717, 1.165) is 12.8 Å². The second-order valence-corrected chi connectivity index (χ2v) is 6.67. The number of aryl methyl sites for hydroxylation is 1. The van der Waals surface area contributed by atoms with Crippen LogP contribution in [0.5, 0.6) is 0 Å². The van der Waals surface area contributed by atoms with Crippen molar-refractivity contribution < 1.29 is 8.42 Å². The highest BCUT2D eigenvalue weighted by atomic mass is 32.2. The third-order valence-corrected chi connectivity index (χ3v) is 3.32. The van der Waals surface area contributed by atoms with E-state index in [1.807, 2.05) is 6.92 Å². The highest BCUT2D eigenvalue weighted by Crippen LogP contribution is 2.11. The average molecular weight is 272 g/mol. The molecule has 1 aromatic heterocycles. The van der Waals surface area contributed by atoms with E-state index >= 15 is 0 Å². The maximum absolute atomic E-state index is 11.2. The molecule has 3 N–H and O–H groups in total. The fourth-order valence-corrected chi connectivity index (χ4v) is 2.67. The van der Waals surface area contributed by atoms with Crippen LogP contribution in [0.1, 0.15) is 26.1 Å². The van der Waals surface area contributed by atoms with Gasteiger partial charge in [-0.2, -0.15) is 0 Å². The molecule has 0 aliphatic rings. The SMILES string of the molecule is CCCc1nc(N)cc(NC(C)CS(C)(=O)=O)n1. The molecule has 0 spiro atoms. The Balaban J connectivity index is 2.77. The molecule has 102 valence electrons. The molecule has 0 aliphatic heterocycles. The molecule has 1 heterocycles. The number of hydrogen-bond donors (Lipinski definition) is 2. The monoisotopic (exact) mass is 272 g/mol. The molecule has 6 nitrogen and oxygen atoms in total. The van der Waals surface area contributed by atoms with Gasteiger partial charge in [-0.25, -0.2) is 18.4 Å². The number of aromatic nitrogens is 2. The first-order chi connectivity index (χ1) is 8.30. The number of nitrogen functional groups attached to an aromatic ring is 1. The van der Waals surface area contributed by atoms with Crippen LogP contribution in [-0.2, 0) is 16.3 Å². The Bertz CT molecular complexity index is 502. The van der Waals surface area contributed by atoms with Crippen LogP contribution >= 0.6 is 0 Å². The standard InChI is InChI=1S/C11H20N4O2S/c1-4-5-10-14-9(12)6-11(15-10)13-8(2)7-18(3,16)17/h6,8H,4-5,7H2,1-3H3,(H3,12,13,14,15). The van der Waals surface area contributed by atoms with E-state index in [-0.39, 0.29) is 11.8 Å². The summed E-state index contributed by atoms with van der Waals surface area (Å²) >= 11 is 0. The fourth-order valence-electron chi connectivity index (χ4n) is 1.68. The Morgan fingerprint density at radius 1 is 1.44 bits per heavy atom. The number of hydrogen-bond acceptors (Lipinski definition) is 6. The summed E-state index contributed by atoms with van der Waals surface area (Å²) in [6.07, 6.45) is 2.89. The Kier molecular flexibility index (Phi) is 4.89. The molecule has 0 saturated carbocycles. The number of anilines is 2. The van der Waals surface area contributed by atoms with Crippen molar-refractivity contribution in [2.24, 2.45) is 0 Å². The first-order valence-corrected chi connectivity index (χ1v) is 7.94. The third kappa shape index (κ3) is 5.31. The summed E-state index contributed by atoms with van der Waals surface area (Å²) in [6.45, 7) is 3.82. The molecule has 0 radical (unpaired) electrons. The van der Waals surface area contributed by atoms with Gasteiger partial charge in [0.1, 0.15) is 27.3 Å². The Labute approximate surface area is 108 Å². The van der Waals surface area contributed by atoms with E-state index in [2.05, 4.69) is 15.3 Å². The molecule has 18 heavy (non-hydrogen) atoms. The summed E-state index contributed by atoms with van der Waals surface area (Å²) in [5, 5.41) is 3.03. The maximum Gasteiger partial charge on any atom is 0.149 e. The Hall–Kier alpha value is -1.37. The van der Waals surface area contributed by atoms with Gasteiger partial charge in [-0.1, -0.05) is 6.92 Å². The minimum absolute atomic E-state index is 0.0556. The molecule has 0 bridgehead atoms. The zero-order valence-corrected chi connectivity index (χ0v) is 11.8. The molecule has 0 aliphatic carbocycles. The van der Waals surface area contributed by atoms with Crippen LogP contribution in [0.2, 0.25) is 0 Å². The van der Waals surface area contributed by atoms with E-state index in [1.165, 1.54) is 6.26 Å². The summed E-state index contributed by atoms with van der Waals surface area (Å²) < 4.78 is 22.3. The Morgan fingerprint density at radius 3 is 2.67 bits per heavy atom. The van der Waals surface area contributed by atoms with Gasteiger partial charge in [0.15, 0.2) is 0 Å². The molecule has 1 unspecified atom stereocenters. The Morgan fingerprint density at radius 2 is 2.11 bits per heavy atom. The molecule has 1 rings (SSSR count). The zero-order valence-electron chi connectivity index (χ0n) is 11.0. The molecule has 0 aromatic carbocycles. The smallest absolute Gasteiger partial charge is 0.149 e. The lowest BCUT2D eigenvalue weighted by atomic mass is 10.3. The lowest BCUT2D eigenvalue weighted by molar-refractivity contribution is 0.598. The van der Waals surface area contributed by atoms with E-state index < -0.39 is 9.84 Å². The molecule has 0 fully saturated rings. The van der Waals surface area contributed by atoms with Gasteiger partial charge in [-0.3, -0.25) is 0 Å². The van der Waals surface area contributed by atoms with Crippen LogP contribution in [0.15, 0.2) is 6.07 Å². The molecular weight excluding hydrogens is 252 g/mol. The van der Waals surface area contributed by atoms with Gasteiger partial charge < -0.3 is 11.1 Å². The molecule has 0 saturated heterocycles. The molecular formula is C11H20N4O2S. The van der Waals surface area contributed by atoms with Gasteiger partial charge in [-0.15, -0.1) is 0 Å². The zero-order chi connectivity index (χ0) is 13.8. The van der Waals surface area contributed by atoms with Crippen molar-refractivity contribution in [2.45, 2.75) is 32.7 Å². The number of nitrogens with zero attached hydrogens (tertiary/aromatic N) is 2. The van der Waals surface area contributed by atoms with Crippen molar-refractivity contribution >= 4 is 21.5 Å². The van der Waals surface area contributed by atoms with E-state index in [0.29, 0.717) is 17.5 Å². The van der Waals surface area contributed by atoms with Crippen molar-refractivity contribution in [1.29, 1.82) is 0 Å². The predicted molar refractivity (Wildman–Crippen MR) is 73.2 cm³/mol. The van der Waals surface area contributed by atoms with Crippen LogP contribution in [0, 0.1) is 0 Å².